The molecule has 0 radical (unpaired) electrons. The van der Waals surface area contributed by atoms with E-state index in [-0.39, 0.29) is 17.4 Å². The number of methoxy groups -OCH3 is 1. The lowest BCUT2D eigenvalue weighted by Crippen LogP contribution is -2.31. The highest BCUT2D eigenvalue weighted by Crippen LogP contribution is 2.15. The van der Waals surface area contributed by atoms with Crippen molar-refractivity contribution in [3.05, 3.63) is 35.5 Å². The number of carbonyl (C=O) groups is 1. The summed E-state index contributed by atoms with van der Waals surface area (Å²) in [5.41, 5.74) is 6.56. The minimum Gasteiger partial charge on any atom is -0.497 e. The molecule has 0 unspecified atom stereocenters. The van der Waals surface area contributed by atoms with Crippen molar-refractivity contribution in [2.45, 2.75) is 13.5 Å². The third-order valence-corrected chi connectivity index (χ3v) is 2.92. The molecule has 0 saturated carbocycles. The molecular weight excluding hydrogens is 260 g/mol. The number of ether oxygens (including phenoxy) is 1. The monoisotopic (exact) mass is 276 g/mol. The van der Waals surface area contributed by atoms with Gasteiger partial charge in [0.25, 0.3) is 5.91 Å². The fourth-order valence-corrected chi connectivity index (χ4v) is 1.77. The second-order valence-corrected chi connectivity index (χ2v) is 4.17. The standard InChI is InChI=1S/C13H16N4O3/c1-3-17(13(18)11-12(14)16-20-15-11)8-9-4-6-10(19-2)7-5-9/h4-7H,3,8H2,1-2H3,(H2,14,16). The molecule has 0 aliphatic rings. The molecule has 1 aromatic carbocycles. The zero-order valence-corrected chi connectivity index (χ0v) is 11.4. The van der Waals surface area contributed by atoms with Crippen LogP contribution in [0.2, 0.25) is 0 Å². The number of rotatable bonds is 5. The van der Waals surface area contributed by atoms with Gasteiger partial charge in [0.2, 0.25) is 11.5 Å². The average Bonchev–Trinajstić information content (AvgIpc) is 2.91. The molecule has 0 saturated heterocycles. The summed E-state index contributed by atoms with van der Waals surface area (Å²) < 4.78 is 9.55. The Bertz CT molecular complexity index is 580. The molecule has 106 valence electrons. The maximum Gasteiger partial charge on any atom is 0.280 e. The Morgan fingerprint density at radius 3 is 2.55 bits per heavy atom. The molecule has 0 atom stereocenters. The Labute approximate surface area is 116 Å². The number of carbonyl (C=O) groups excluding carboxylic acids is 1. The Hall–Kier alpha value is -2.57. The molecule has 1 heterocycles. The lowest BCUT2D eigenvalue weighted by atomic mass is 10.2. The molecule has 0 bridgehead atoms. The fraction of sp³-hybridized carbons (Fsp3) is 0.308. The topological polar surface area (TPSA) is 94.5 Å². The molecule has 2 N–H and O–H groups in total. The van der Waals surface area contributed by atoms with Gasteiger partial charge in [-0.3, -0.25) is 4.79 Å². The van der Waals surface area contributed by atoms with Crippen LogP contribution in [0.3, 0.4) is 0 Å². The lowest BCUT2D eigenvalue weighted by Gasteiger charge is -2.19. The normalized spacial score (nSPS) is 10.3. The van der Waals surface area contributed by atoms with Gasteiger partial charge in [0.05, 0.1) is 7.11 Å². The number of anilines is 1. The van der Waals surface area contributed by atoms with Crippen LogP contribution in [0.25, 0.3) is 0 Å². The minimum absolute atomic E-state index is 0.00295. The maximum absolute atomic E-state index is 12.2. The summed E-state index contributed by atoms with van der Waals surface area (Å²) in [6.07, 6.45) is 0. The molecule has 20 heavy (non-hydrogen) atoms. The number of benzene rings is 1. The number of nitrogen functional groups attached to an aromatic ring is 1. The summed E-state index contributed by atoms with van der Waals surface area (Å²) in [6.45, 7) is 2.86. The van der Waals surface area contributed by atoms with Crippen molar-refractivity contribution in [3.8, 4) is 5.75 Å². The first-order chi connectivity index (χ1) is 9.65. The molecule has 7 nitrogen and oxygen atoms in total. The van der Waals surface area contributed by atoms with Crippen LogP contribution in [0.5, 0.6) is 5.75 Å². The molecule has 0 spiro atoms. The third-order valence-electron chi connectivity index (χ3n) is 2.92. The second-order valence-electron chi connectivity index (χ2n) is 4.17. The Morgan fingerprint density at radius 2 is 2.05 bits per heavy atom. The van der Waals surface area contributed by atoms with E-state index in [4.69, 9.17) is 10.5 Å². The molecule has 7 heteroatoms. The van der Waals surface area contributed by atoms with E-state index in [1.54, 1.807) is 12.0 Å². The number of aromatic nitrogens is 2. The van der Waals surface area contributed by atoms with Crippen LogP contribution in [0.1, 0.15) is 23.0 Å². The van der Waals surface area contributed by atoms with Crippen LogP contribution < -0.4 is 10.5 Å². The van der Waals surface area contributed by atoms with Crippen LogP contribution in [0.4, 0.5) is 5.82 Å². The highest BCUT2D eigenvalue weighted by atomic mass is 16.6. The SMILES string of the molecule is CCN(Cc1ccc(OC)cc1)C(=O)c1nonc1N. The third kappa shape index (κ3) is 2.87. The number of nitrogens with zero attached hydrogens (tertiary/aromatic N) is 3. The lowest BCUT2D eigenvalue weighted by molar-refractivity contribution is 0.0742. The van der Waals surface area contributed by atoms with Gasteiger partial charge in [-0.05, 0) is 34.9 Å². The van der Waals surface area contributed by atoms with Crippen LogP contribution in [0.15, 0.2) is 28.9 Å². The summed E-state index contributed by atoms with van der Waals surface area (Å²) in [5, 5.41) is 6.94. The van der Waals surface area contributed by atoms with Crippen molar-refractivity contribution in [3.63, 3.8) is 0 Å². The smallest absolute Gasteiger partial charge is 0.280 e. The fourth-order valence-electron chi connectivity index (χ4n) is 1.77. The zero-order valence-electron chi connectivity index (χ0n) is 11.4. The van der Waals surface area contributed by atoms with Crippen molar-refractivity contribution in [1.29, 1.82) is 0 Å². The predicted molar refractivity (Wildman–Crippen MR) is 72.1 cm³/mol. The number of amides is 1. The summed E-state index contributed by atoms with van der Waals surface area (Å²) >= 11 is 0. The zero-order chi connectivity index (χ0) is 14.5. The highest BCUT2D eigenvalue weighted by Gasteiger charge is 2.21. The number of nitrogens with two attached hydrogens (primary N) is 1. The maximum atomic E-state index is 12.2. The van der Waals surface area contributed by atoms with E-state index in [2.05, 4.69) is 14.9 Å². The van der Waals surface area contributed by atoms with Gasteiger partial charge < -0.3 is 15.4 Å². The van der Waals surface area contributed by atoms with Crippen LogP contribution >= 0.6 is 0 Å². The minimum atomic E-state index is -0.304. The molecule has 1 amide bonds. The first-order valence-electron chi connectivity index (χ1n) is 6.16. The molecule has 0 aliphatic heterocycles. The van der Waals surface area contributed by atoms with Gasteiger partial charge in [0, 0.05) is 13.1 Å². The van der Waals surface area contributed by atoms with E-state index in [9.17, 15) is 4.79 Å². The second kappa shape index (κ2) is 6.05. The average molecular weight is 276 g/mol. The summed E-state index contributed by atoms with van der Waals surface area (Å²) in [4.78, 5) is 13.9. The number of hydrogen-bond donors (Lipinski definition) is 1. The molecule has 0 fully saturated rings. The van der Waals surface area contributed by atoms with Crippen molar-refractivity contribution >= 4 is 11.7 Å². The van der Waals surface area contributed by atoms with Gasteiger partial charge in [-0.15, -0.1) is 0 Å². The largest absolute Gasteiger partial charge is 0.497 e. The van der Waals surface area contributed by atoms with Crippen molar-refractivity contribution < 1.29 is 14.2 Å². The van der Waals surface area contributed by atoms with Crippen LogP contribution in [0, 0.1) is 0 Å². The quantitative estimate of drug-likeness (QED) is 0.885. The first kappa shape index (κ1) is 13.9. The van der Waals surface area contributed by atoms with Crippen LogP contribution in [-0.4, -0.2) is 34.8 Å². The molecule has 0 aliphatic carbocycles. The first-order valence-corrected chi connectivity index (χ1v) is 6.16. The highest BCUT2D eigenvalue weighted by molar-refractivity contribution is 5.96. The molecular formula is C13H16N4O3. The van der Waals surface area contributed by atoms with Gasteiger partial charge in [0.15, 0.2) is 0 Å². The Balaban J connectivity index is 2.12. The van der Waals surface area contributed by atoms with Gasteiger partial charge in [-0.1, -0.05) is 12.1 Å². The van der Waals surface area contributed by atoms with Crippen LogP contribution in [-0.2, 0) is 6.54 Å². The van der Waals surface area contributed by atoms with Gasteiger partial charge >= 0.3 is 0 Å². The molecule has 2 aromatic rings. The van der Waals surface area contributed by atoms with E-state index >= 15 is 0 Å². The van der Waals surface area contributed by atoms with E-state index in [1.165, 1.54) is 0 Å². The van der Waals surface area contributed by atoms with Crippen molar-refractivity contribution in [2.24, 2.45) is 0 Å². The molecule has 1 aromatic heterocycles. The van der Waals surface area contributed by atoms with Crippen molar-refractivity contribution in [2.75, 3.05) is 19.4 Å². The number of hydrogen-bond acceptors (Lipinski definition) is 6. The summed E-state index contributed by atoms with van der Waals surface area (Å²) in [6, 6.07) is 7.50. The van der Waals surface area contributed by atoms with Gasteiger partial charge in [-0.2, -0.15) is 0 Å². The van der Waals surface area contributed by atoms with E-state index in [0.29, 0.717) is 13.1 Å². The Morgan fingerprint density at radius 1 is 1.35 bits per heavy atom. The molecule has 2 rings (SSSR count). The van der Waals surface area contributed by atoms with E-state index in [1.807, 2.05) is 31.2 Å². The van der Waals surface area contributed by atoms with E-state index in [0.717, 1.165) is 11.3 Å². The predicted octanol–water partition coefficient (Wildman–Crippen LogP) is 1.32. The Kier molecular flexibility index (Phi) is 4.19. The summed E-state index contributed by atoms with van der Waals surface area (Å²) in [7, 11) is 1.61. The van der Waals surface area contributed by atoms with Crippen molar-refractivity contribution in [1.82, 2.24) is 15.2 Å². The van der Waals surface area contributed by atoms with Gasteiger partial charge in [0.1, 0.15) is 5.75 Å². The van der Waals surface area contributed by atoms with Gasteiger partial charge in [-0.25, -0.2) is 4.63 Å². The summed E-state index contributed by atoms with van der Waals surface area (Å²) in [5.74, 6) is 0.471. The van der Waals surface area contributed by atoms with E-state index < -0.39 is 0 Å².